The normalized spacial score (nSPS) is 11.1. The lowest BCUT2D eigenvalue weighted by atomic mass is 10.1. The first-order chi connectivity index (χ1) is 7.66. The molecule has 1 aromatic heterocycles. The average Bonchev–Trinajstić information content (AvgIpc) is 2.75. The van der Waals surface area contributed by atoms with Crippen molar-refractivity contribution in [1.29, 1.82) is 0 Å². The number of aryl methyl sites for hydroxylation is 2. The maximum atomic E-state index is 9.61. The highest BCUT2D eigenvalue weighted by atomic mass is 16.3. The summed E-state index contributed by atoms with van der Waals surface area (Å²) in [5.41, 5.74) is 2.61. The zero-order valence-electron chi connectivity index (χ0n) is 9.12. The molecule has 0 saturated heterocycles. The van der Waals surface area contributed by atoms with Gasteiger partial charge in [-0.3, -0.25) is 0 Å². The van der Waals surface area contributed by atoms with Crippen LogP contribution in [0.4, 0.5) is 0 Å². The van der Waals surface area contributed by atoms with Crippen LogP contribution in [0.25, 0.3) is 0 Å². The van der Waals surface area contributed by atoms with E-state index in [4.69, 9.17) is 0 Å². The minimum absolute atomic E-state index is 0.335. The summed E-state index contributed by atoms with van der Waals surface area (Å²) in [7, 11) is 0. The summed E-state index contributed by atoms with van der Waals surface area (Å²) in [5.74, 6) is 0.335. The van der Waals surface area contributed by atoms with Gasteiger partial charge in [0.25, 0.3) is 0 Å². The van der Waals surface area contributed by atoms with E-state index < -0.39 is 0 Å². The van der Waals surface area contributed by atoms with Gasteiger partial charge in [-0.2, -0.15) is 5.10 Å². The molecule has 82 valence electrons. The van der Waals surface area contributed by atoms with Crippen LogP contribution in [0.1, 0.15) is 16.7 Å². The van der Waals surface area contributed by atoms with Gasteiger partial charge in [0.1, 0.15) is 18.4 Å². The third-order valence-electron chi connectivity index (χ3n) is 2.26. The molecule has 0 amide bonds. The predicted octanol–water partition coefficient (Wildman–Crippen LogP) is 1.48. The largest absolute Gasteiger partial charge is 0.507 e. The highest BCUT2D eigenvalue weighted by Crippen LogP contribution is 2.21. The summed E-state index contributed by atoms with van der Waals surface area (Å²) in [6, 6.07) is 3.74. The Balaban J connectivity index is 2.29. The Bertz CT molecular complexity index is 494. The summed E-state index contributed by atoms with van der Waals surface area (Å²) in [6.45, 7) is 3.72. The molecular weight excluding hydrogens is 204 g/mol. The second-order valence-electron chi connectivity index (χ2n) is 3.59. The smallest absolute Gasteiger partial charge is 0.141 e. The minimum Gasteiger partial charge on any atom is -0.507 e. The Labute approximate surface area is 93.1 Å². The Morgan fingerprint density at radius 2 is 1.75 bits per heavy atom. The summed E-state index contributed by atoms with van der Waals surface area (Å²) >= 11 is 0. The quantitative estimate of drug-likeness (QED) is 0.773. The molecule has 1 N–H and O–H groups in total. The van der Waals surface area contributed by atoms with Crippen molar-refractivity contribution < 1.29 is 5.11 Å². The lowest BCUT2D eigenvalue weighted by molar-refractivity contribution is 0.467. The summed E-state index contributed by atoms with van der Waals surface area (Å²) in [5, 5.41) is 21.0. The van der Waals surface area contributed by atoms with E-state index in [0.717, 1.165) is 16.7 Å². The van der Waals surface area contributed by atoms with Crippen LogP contribution in [0.2, 0.25) is 0 Å². The molecule has 0 fully saturated rings. The minimum atomic E-state index is 0.335. The zero-order chi connectivity index (χ0) is 11.5. The fourth-order valence-corrected chi connectivity index (χ4v) is 1.45. The molecule has 0 saturated carbocycles. The van der Waals surface area contributed by atoms with E-state index in [1.165, 1.54) is 17.3 Å². The highest BCUT2D eigenvalue weighted by Gasteiger charge is 2.01. The Kier molecular flexibility index (Phi) is 2.68. The first-order valence-corrected chi connectivity index (χ1v) is 4.86. The molecule has 5 nitrogen and oxygen atoms in total. The van der Waals surface area contributed by atoms with Crippen LogP contribution in [0, 0.1) is 13.8 Å². The van der Waals surface area contributed by atoms with Gasteiger partial charge in [0.2, 0.25) is 0 Å². The van der Waals surface area contributed by atoms with E-state index in [0.29, 0.717) is 5.75 Å². The number of phenols is 1. The van der Waals surface area contributed by atoms with Crippen LogP contribution in [-0.2, 0) is 0 Å². The second-order valence-corrected chi connectivity index (χ2v) is 3.59. The van der Waals surface area contributed by atoms with Crippen molar-refractivity contribution in [2.45, 2.75) is 13.8 Å². The highest BCUT2D eigenvalue weighted by molar-refractivity contribution is 5.80. The second kappa shape index (κ2) is 4.14. The van der Waals surface area contributed by atoms with Crippen LogP contribution in [-0.4, -0.2) is 26.2 Å². The lowest BCUT2D eigenvalue weighted by Crippen LogP contribution is -1.90. The molecule has 0 unspecified atom stereocenters. The molecule has 2 aromatic rings. The van der Waals surface area contributed by atoms with Crippen molar-refractivity contribution in [1.82, 2.24) is 14.9 Å². The molecule has 0 atom stereocenters. The SMILES string of the molecule is Cc1cc(/C=N\n2cnnc2)cc(C)c1O. The monoisotopic (exact) mass is 216 g/mol. The van der Waals surface area contributed by atoms with E-state index in [2.05, 4.69) is 15.3 Å². The Morgan fingerprint density at radius 1 is 1.19 bits per heavy atom. The van der Waals surface area contributed by atoms with Gasteiger partial charge in [-0.05, 0) is 42.7 Å². The molecule has 0 bridgehead atoms. The summed E-state index contributed by atoms with van der Waals surface area (Å²) in [4.78, 5) is 0. The first-order valence-electron chi connectivity index (χ1n) is 4.86. The van der Waals surface area contributed by atoms with Gasteiger partial charge in [0.05, 0.1) is 6.21 Å². The van der Waals surface area contributed by atoms with Crippen molar-refractivity contribution in [3.05, 3.63) is 41.5 Å². The zero-order valence-corrected chi connectivity index (χ0v) is 9.12. The first kappa shape index (κ1) is 10.4. The maximum Gasteiger partial charge on any atom is 0.141 e. The van der Waals surface area contributed by atoms with Crippen molar-refractivity contribution in [2.24, 2.45) is 5.10 Å². The van der Waals surface area contributed by atoms with Crippen LogP contribution in [0.5, 0.6) is 5.75 Å². The molecule has 2 rings (SSSR count). The van der Waals surface area contributed by atoms with Gasteiger partial charge >= 0.3 is 0 Å². The number of aromatic hydroxyl groups is 1. The molecule has 1 aromatic carbocycles. The van der Waals surface area contributed by atoms with Crippen molar-refractivity contribution in [3.63, 3.8) is 0 Å². The van der Waals surface area contributed by atoms with Crippen molar-refractivity contribution in [2.75, 3.05) is 0 Å². The third-order valence-corrected chi connectivity index (χ3v) is 2.26. The Hall–Kier alpha value is -2.17. The topological polar surface area (TPSA) is 63.3 Å². The lowest BCUT2D eigenvalue weighted by Gasteiger charge is -2.04. The van der Waals surface area contributed by atoms with E-state index in [-0.39, 0.29) is 0 Å². The van der Waals surface area contributed by atoms with E-state index in [9.17, 15) is 5.11 Å². The standard InChI is InChI=1S/C11H12N4O/c1-8-3-10(4-9(2)11(8)16)5-14-15-6-12-13-7-15/h3-7,16H,1-2H3/b14-5-. The summed E-state index contributed by atoms with van der Waals surface area (Å²) < 4.78 is 1.51. The Morgan fingerprint density at radius 3 is 2.31 bits per heavy atom. The van der Waals surface area contributed by atoms with Gasteiger partial charge in [-0.15, -0.1) is 10.2 Å². The van der Waals surface area contributed by atoms with Crippen LogP contribution in [0.3, 0.4) is 0 Å². The number of nitrogens with zero attached hydrogens (tertiary/aromatic N) is 4. The number of aromatic nitrogens is 3. The van der Waals surface area contributed by atoms with Gasteiger partial charge in [0, 0.05) is 0 Å². The molecule has 0 aliphatic carbocycles. The number of phenolic OH excluding ortho intramolecular Hbond substituents is 1. The molecule has 5 heteroatoms. The predicted molar refractivity (Wildman–Crippen MR) is 60.6 cm³/mol. The van der Waals surface area contributed by atoms with Gasteiger partial charge in [0.15, 0.2) is 0 Å². The molecule has 0 aliphatic rings. The average molecular weight is 216 g/mol. The summed E-state index contributed by atoms with van der Waals surface area (Å²) in [6.07, 6.45) is 4.72. The van der Waals surface area contributed by atoms with Crippen LogP contribution in [0.15, 0.2) is 29.9 Å². The molecule has 1 heterocycles. The van der Waals surface area contributed by atoms with Gasteiger partial charge < -0.3 is 5.11 Å². The molecular formula is C11H12N4O. The van der Waals surface area contributed by atoms with Crippen LogP contribution >= 0.6 is 0 Å². The van der Waals surface area contributed by atoms with Gasteiger partial charge in [-0.1, -0.05) is 0 Å². The van der Waals surface area contributed by atoms with E-state index in [1.54, 1.807) is 6.21 Å². The van der Waals surface area contributed by atoms with Gasteiger partial charge in [-0.25, -0.2) is 4.68 Å². The van der Waals surface area contributed by atoms with E-state index in [1.807, 2.05) is 26.0 Å². The van der Waals surface area contributed by atoms with Crippen molar-refractivity contribution >= 4 is 6.21 Å². The fourth-order valence-electron chi connectivity index (χ4n) is 1.45. The molecule has 16 heavy (non-hydrogen) atoms. The molecule has 0 spiro atoms. The number of hydrogen-bond acceptors (Lipinski definition) is 4. The number of rotatable bonds is 2. The van der Waals surface area contributed by atoms with E-state index >= 15 is 0 Å². The third kappa shape index (κ3) is 2.08. The molecule has 0 radical (unpaired) electrons. The number of hydrogen-bond donors (Lipinski definition) is 1. The molecule has 0 aliphatic heterocycles. The van der Waals surface area contributed by atoms with Crippen molar-refractivity contribution in [3.8, 4) is 5.75 Å². The fraction of sp³-hybridized carbons (Fsp3) is 0.182. The van der Waals surface area contributed by atoms with Crippen LogP contribution < -0.4 is 0 Å². The maximum absolute atomic E-state index is 9.61. The number of benzene rings is 1.